The number of nitrogens with two attached hydrogens (primary N) is 1. The molecule has 0 radical (unpaired) electrons. The van der Waals surface area contributed by atoms with Crippen LogP contribution in [0.25, 0.3) is 0 Å². The highest BCUT2D eigenvalue weighted by Crippen LogP contribution is 2.40. The molecule has 0 aromatic carbocycles. The molecule has 0 aromatic rings. The normalized spacial score (nSPS) is 18.2. The Balaban J connectivity index is 2.14. The molecule has 17 heavy (non-hydrogen) atoms. The molecule has 0 saturated heterocycles. The largest absolute Gasteiger partial charge is 0.356 e. The van der Waals surface area contributed by atoms with Gasteiger partial charge in [0.05, 0.1) is 0 Å². The van der Waals surface area contributed by atoms with E-state index < -0.39 is 0 Å². The van der Waals surface area contributed by atoms with E-state index in [1.807, 2.05) is 0 Å². The molecule has 1 aliphatic carbocycles. The molecule has 3 nitrogen and oxygen atoms in total. The summed E-state index contributed by atoms with van der Waals surface area (Å²) in [5, 5.41) is 3.12. The van der Waals surface area contributed by atoms with Gasteiger partial charge in [-0.2, -0.15) is 0 Å². The summed E-state index contributed by atoms with van der Waals surface area (Å²) in [5.41, 5.74) is 5.83. The van der Waals surface area contributed by atoms with Gasteiger partial charge in [0.2, 0.25) is 5.91 Å². The number of carbonyl (C=O) groups excluding carboxylic acids is 1. The number of amides is 1. The second-order valence-electron chi connectivity index (χ2n) is 5.44. The summed E-state index contributed by atoms with van der Waals surface area (Å²) in [6.07, 6.45) is 10.2. The van der Waals surface area contributed by atoms with Crippen molar-refractivity contribution in [2.24, 2.45) is 11.1 Å². The summed E-state index contributed by atoms with van der Waals surface area (Å²) in [6.45, 7) is 3.87. The zero-order valence-electron chi connectivity index (χ0n) is 11.3. The fraction of sp³-hybridized carbons (Fsp3) is 0.929. The van der Waals surface area contributed by atoms with E-state index in [-0.39, 0.29) is 5.91 Å². The van der Waals surface area contributed by atoms with E-state index >= 15 is 0 Å². The molecule has 0 aromatic heterocycles. The second kappa shape index (κ2) is 7.70. The number of unbranched alkanes of at least 4 members (excludes halogenated alkanes) is 2. The van der Waals surface area contributed by atoms with Crippen LogP contribution in [0.3, 0.4) is 0 Å². The van der Waals surface area contributed by atoms with Crippen molar-refractivity contribution in [3.8, 4) is 0 Å². The molecule has 0 unspecified atom stereocenters. The van der Waals surface area contributed by atoms with Crippen molar-refractivity contribution in [3.05, 3.63) is 0 Å². The summed E-state index contributed by atoms with van der Waals surface area (Å²) < 4.78 is 0. The van der Waals surface area contributed by atoms with Crippen LogP contribution < -0.4 is 11.1 Å². The van der Waals surface area contributed by atoms with E-state index in [2.05, 4.69) is 12.2 Å². The number of hydrogen-bond donors (Lipinski definition) is 2. The van der Waals surface area contributed by atoms with Crippen molar-refractivity contribution in [2.45, 2.75) is 64.7 Å². The zero-order valence-corrected chi connectivity index (χ0v) is 11.3. The van der Waals surface area contributed by atoms with Gasteiger partial charge in [0, 0.05) is 13.0 Å². The predicted molar refractivity (Wildman–Crippen MR) is 71.7 cm³/mol. The summed E-state index contributed by atoms with van der Waals surface area (Å²) in [5.74, 6) is 0.224. The molecule has 1 aliphatic rings. The average molecular weight is 240 g/mol. The van der Waals surface area contributed by atoms with Gasteiger partial charge in [-0.05, 0) is 44.1 Å². The van der Waals surface area contributed by atoms with Crippen molar-refractivity contribution >= 4 is 5.91 Å². The van der Waals surface area contributed by atoms with Crippen molar-refractivity contribution < 1.29 is 4.79 Å². The van der Waals surface area contributed by atoms with Gasteiger partial charge < -0.3 is 11.1 Å². The average Bonchev–Trinajstić information content (AvgIpc) is 2.82. The Labute approximate surface area is 106 Å². The number of carbonyl (C=O) groups is 1. The molecular formula is C14H28N2O. The van der Waals surface area contributed by atoms with Crippen LogP contribution in [0.15, 0.2) is 0 Å². The molecule has 1 fully saturated rings. The van der Waals surface area contributed by atoms with E-state index in [9.17, 15) is 4.79 Å². The SMILES string of the molecule is CCC1(CNC(=O)CCCCCN)CCCC1. The van der Waals surface area contributed by atoms with Crippen molar-refractivity contribution in [1.29, 1.82) is 0 Å². The minimum atomic E-state index is 0.224. The third-order valence-electron chi connectivity index (χ3n) is 4.18. The molecule has 3 heteroatoms. The molecule has 0 aliphatic heterocycles. The monoisotopic (exact) mass is 240 g/mol. The van der Waals surface area contributed by atoms with Gasteiger partial charge in [-0.1, -0.05) is 26.2 Å². The lowest BCUT2D eigenvalue weighted by Crippen LogP contribution is -2.35. The standard InChI is InChI=1S/C14H28N2O/c1-2-14(9-5-6-10-14)12-16-13(17)8-4-3-7-11-15/h2-12,15H2,1H3,(H,16,17). The maximum absolute atomic E-state index is 11.7. The van der Waals surface area contributed by atoms with Crippen molar-refractivity contribution in [3.63, 3.8) is 0 Å². The minimum Gasteiger partial charge on any atom is -0.356 e. The van der Waals surface area contributed by atoms with Crippen LogP contribution in [-0.2, 0) is 4.79 Å². The molecule has 0 heterocycles. The first-order valence-electron chi connectivity index (χ1n) is 7.19. The minimum absolute atomic E-state index is 0.224. The van der Waals surface area contributed by atoms with E-state index in [1.165, 1.54) is 32.1 Å². The third kappa shape index (κ3) is 5.07. The molecular weight excluding hydrogens is 212 g/mol. The summed E-state index contributed by atoms with van der Waals surface area (Å²) >= 11 is 0. The van der Waals surface area contributed by atoms with Gasteiger partial charge >= 0.3 is 0 Å². The Hall–Kier alpha value is -0.570. The lowest BCUT2D eigenvalue weighted by atomic mass is 9.83. The third-order valence-corrected chi connectivity index (χ3v) is 4.18. The Kier molecular flexibility index (Phi) is 6.56. The number of nitrogens with one attached hydrogen (secondary N) is 1. The van der Waals surface area contributed by atoms with E-state index in [0.717, 1.165) is 32.4 Å². The van der Waals surface area contributed by atoms with Gasteiger partial charge in [-0.15, -0.1) is 0 Å². The van der Waals surface area contributed by atoms with Crippen LogP contribution in [-0.4, -0.2) is 19.0 Å². The Morgan fingerprint density at radius 1 is 1.24 bits per heavy atom. The van der Waals surface area contributed by atoms with E-state index in [0.29, 0.717) is 11.8 Å². The molecule has 1 saturated carbocycles. The zero-order chi connectivity index (χ0) is 12.6. The highest BCUT2D eigenvalue weighted by molar-refractivity contribution is 5.75. The van der Waals surface area contributed by atoms with Crippen molar-refractivity contribution in [1.82, 2.24) is 5.32 Å². The molecule has 0 bridgehead atoms. The summed E-state index contributed by atoms with van der Waals surface area (Å²) in [4.78, 5) is 11.7. The second-order valence-corrected chi connectivity index (χ2v) is 5.44. The van der Waals surface area contributed by atoms with Gasteiger partial charge in [0.1, 0.15) is 0 Å². The maximum Gasteiger partial charge on any atom is 0.220 e. The molecule has 0 atom stereocenters. The van der Waals surface area contributed by atoms with Gasteiger partial charge in [0.15, 0.2) is 0 Å². The fourth-order valence-electron chi connectivity index (χ4n) is 2.76. The van der Waals surface area contributed by atoms with Crippen LogP contribution in [0.5, 0.6) is 0 Å². The van der Waals surface area contributed by atoms with Crippen LogP contribution >= 0.6 is 0 Å². The molecule has 0 spiro atoms. The van der Waals surface area contributed by atoms with Crippen LogP contribution in [0.1, 0.15) is 64.7 Å². The van der Waals surface area contributed by atoms with Crippen LogP contribution in [0, 0.1) is 5.41 Å². The predicted octanol–water partition coefficient (Wildman–Crippen LogP) is 2.59. The highest BCUT2D eigenvalue weighted by atomic mass is 16.1. The highest BCUT2D eigenvalue weighted by Gasteiger charge is 2.31. The first-order valence-corrected chi connectivity index (χ1v) is 7.19. The fourth-order valence-corrected chi connectivity index (χ4v) is 2.76. The van der Waals surface area contributed by atoms with Crippen molar-refractivity contribution in [2.75, 3.05) is 13.1 Å². The van der Waals surface area contributed by atoms with Gasteiger partial charge in [-0.3, -0.25) is 4.79 Å². The quantitative estimate of drug-likeness (QED) is 0.641. The molecule has 1 rings (SSSR count). The first-order chi connectivity index (χ1) is 8.22. The summed E-state index contributed by atoms with van der Waals surface area (Å²) in [7, 11) is 0. The summed E-state index contributed by atoms with van der Waals surface area (Å²) in [6, 6.07) is 0. The molecule has 1 amide bonds. The lowest BCUT2D eigenvalue weighted by molar-refractivity contribution is -0.121. The van der Waals surface area contributed by atoms with Gasteiger partial charge in [0.25, 0.3) is 0 Å². The smallest absolute Gasteiger partial charge is 0.220 e. The topological polar surface area (TPSA) is 55.1 Å². The van der Waals surface area contributed by atoms with Crippen LogP contribution in [0.2, 0.25) is 0 Å². The van der Waals surface area contributed by atoms with Crippen LogP contribution in [0.4, 0.5) is 0 Å². The van der Waals surface area contributed by atoms with E-state index in [1.54, 1.807) is 0 Å². The first kappa shape index (κ1) is 14.5. The number of hydrogen-bond acceptors (Lipinski definition) is 2. The molecule has 100 valence electrons. The van der Waals surface area contributed by atoms with Gasteiger partial charge in [-0.25, -0.2) is 0 Å². The molecule has 3 N–H and O–H groups in total. The maximum atomic E-state index is 11.7. The number of rotatable bonds is 8. The Morgan fingerprint density at radius 2 is 1.94 bits per heavy atom. The Morgan fingerprint density at radius 3 is 2.53 bits per heavy atom. The van der Waals surface area contributed by atoms with E-state index in [4.69, 9.17) is 5.73 Å². The lowest BCUT2D eigenvalue weighted by Gasteiger charge is -2.27. The Bertz CT molecular complexity index is 222.